The van der Waals surface area contributed by atoms with Crippen LogP contribution in [0.15, 0.2) is 29.2 Å². The van der Waals surface area contributed by atoms with Crippen LogP contribution in [0.5, 0.6) is 0 Å². The number of ketones is 1. The van der Waals surface area contributed by atoms with Crippen LogP contribution in [0, 0.1) is 0 Å². The van der Waals surface area contributed by atoms with E-state index in [1.54, 1.807) is 6.92 Å². The van der Waals surface area contributed by atoms with E-state index in [0.717, 1.165) is 12.3 Å². The van der Waals surface area contributed by atoms with E-state index in [0.29, 0.717) is 0 Å². The summed E-state index contributed by atoms with van der Waals surface area (Å²) in [5, 5.41) is 0. The van der Waals surface area contributed by atoms with E-state index >= 15 is 0 Å². The number of carbonyl (C=O) groups is 1. The summed E-state index contributed by atoms with van der Waals surface area (Å²) < 4.78 is 0. The Hall–Kier alpha value is -0.800. The summed E-state index contributed by atoms with van der Waals surface area (Å²) in [7, 11) is 4.19. The maximum atomic E-state index is 11.5. The second-order valence-electron chi connectivity index (χ2n) is 4.88. The van der Waals surface area contributed by atoms with Crippen LogP contribution in [0.1, 0.15) is 31.7 Å². The van der Waals surface area contributed by atoms with Crippen molar-refractivity contribution >= 4 is 17.5 Å². The Balaban J connectivity index is 2.62. The molecule has 1 aromatic rings. The molecule has 0 heterocycles. The fraction of sp³-hybridized carbons (Fsp3) is 0.533. The lowest BCUT2D eigenvalue weighted by molar-refractivity contribution is -0.118. The lowest BCUT2D eigenvalue weighted by Gasteiger charge is -2.14. The van der Waals surface area contributed by atoms with Crippen molar-refractivity contribution in [3.05, 3.63) is 29.8 Å². The molecule has 0 aliphatic heterocycles. The lowest BCUT2D eigenvalue weighted by atomic mass is 9.98. The van der Waals surface area contributed by atoms with Gasteiger partial charge < -0.3 is 4.90 Å². The minimum absolute atomic E-state index is 0.00236. The van der Waals surface area contributed by atoms with Crippen molar-refractivity contribution in [2.75, 3.05) is 26.4 Å². The minimum Gasteiger partial charge on any atom is -0.309 e. The highest BCUT2D eigenvalue weighted by atomic mass is 32.2. The predicted octanol–water partition coefficient (Wildman–Crippen LogP) is 3.42. The zero-order valence-electron chi connectivity index (χ0n) is 11.8. The number of benzene rings is 1. The van der Waals surface area contributed by atoms with E-state index in [-0.39, 0.29) is 11.7 Å². The summed E-state index contributed by atoms with van der Waals surface area (Å²) in [6, 6.07) is 8.25. The average molecular weight is 265 g/mol. The van der Waals surface area contributed by atoms with Crippen LogP contribution in [-0.2, 0) is 4.79 Å². The Morgan fingerprint density at radius 1 is 1.33 bits per heavy atom. The number of hydrogen-bond donors (Lipinski definition) is 0. The van der Waals surface area contributed by atoms with Crippen LogP contribution in [0.25, 0.3) is 0 Å². The molecule has 18 heavy (non-hydrogen) atoms. The summed E-state index contributed by atoms with van der Waals surface area (Å²) >= 11 is 1.86. The molecule has 1 unspecified atom stereocenters. The molecule has 0 spiro atoms. The first-order valence-electron chi connectivity index (χ1n) is 6.39. The summed E-state index contributed by atoms with van der Waals surface area (Å²) in [5.74, 6) is 1.33. The number of Topliss-reactive ketones (excluding diaryl/α,β-unsaturated/α-hetero) is 1. The summed E-state index contributed by atoms with van der Waals surface area (Å²) in [4.78, 5) is 14.9. The third-order valence-corrected chi connectivity index (χ3v) is 4.18. The topological polar surface area (TPSA) is 20.3 Å². The molecule has 0 radical (unpaired) electrons. The van der Waals surface area contributed by atoms with Gasteiger partial charge in [-0.15, -0.1) is 11.8 Å². The van der Waals surface area contributed by atoms with Crippen LogP contribution in [0.2, 0.25) is 0 Å². The van der Waals surface area contributed by atoms with Gasteiger partial charge in [0.2, 0.25) is 0 Å². The minimum atomic E-state index is 0.00236. The molecular weight excluding hydrogens is 242 g/mol. The molecule has 1 atom stereocenters. The van der Waals surface area contributed by atoms with Gasteiger partial charge in [0.05, 0.1) is 0 Å². The molecule has 3 heteroatoms. The van der Waals surface area contributed by atoms with Crippen LogP contribution in [0.3, 0.4) is 0 Å². The molecule has 0 aliphatic rings. The van der Waals surface area contributed by atoms with Gasteiger partial charge in [-0.3, -0.25) is 4.79 Å². The van der Waals surface area contributed by atoms with Crippen molar-refractivity contribution in [2.45, 2.75) is 31.1 Å². The smallest absolute Gasteiger partial charge is 0.137 e. The van der Waals surface area contributed by atoms with E-state index < -0.39 is 0 Å². The van der Waals surface area contributed by atoms with Gasteiger partial charge >= 0.3 is 0 Å². The Bertz CT molecular complexity index is 390. The van der Waals surface area contributed by atoms with Crippen molar-refractivity contribution in [3.63, 3.8) is 0 Å². The van der Waals surface area contributed by atoms with Gasteiger partial charge in [0.1, 0.15) is 5.78 Å². The van der Waals surface area contributed by atoms with Crippen molar-refractivity contribution in [1.29, 1.82) is 0 Å². The van der Waals surface area contributed by atoms with Gasteiger partial charge in [-0.05, 0) is 51.4 Å². The van der Waals surface area contributed by atoms with Gasteiger partial charge in [0, 0.05) is 10.8 Å². The van der Waals surface area contributed by atoms with Gasteiger partial charge in [-0.25, -0.2) is 0 Å². The Kier molecular flexibility index (Phi) is 6.44. The number of carbonyl (C=O) groups excluding carboxylic acids is 1. The van der Waals surface area contributed by atoms with Crippen molar-refractivity contribution < 1.29 is 4.79 Å². The molecule has 0 amide bonds. The second kappa shape index (κ2) is 7.59. The van der Waals surface area contributed by atoms with Crippen LogP contribution in [-0.4, -0.2) is 37.1 Å². The molecule has 0 saturated heterocycles. The molecule has 0 aromatic heterocycles. The van der Waals surface area contributed by atoms with Gasteiger partial charge in [-0.2, -0.15) is 0 Å². The molecule has 0 aliphatic carbocycles. The highest BCUT2D eigenvalue weighted by molar-refractivity contribution is 7.99. The monoisotopic (exact) mass is 265 g/mol. The fourth-order valence-corrected chi connectivity index (χ4v) is 2.83. The van der Waals surface area contributed by atoms with E-state index in [9.17, 15) is 4.79 Å². The number of hydrogen-bond acceptors (Lipinski definition) is 3. The molecule has 0 saturated carbocycles. The van der Waals surface area contributed by atoms with Crippen LogP contribution >= 0.6 is 11.8 Å². The van der Waals surface area contributed by atoms with Crippen LogP contribution < -0.4 is 0 Å². The Morgan fingerprint density at radius 3 is 2.61 bits per heavy atom. The predicted molar refractivity (Wildman–Crippen MR) is 79.4 cm³/mol. The van der Waals surface area contributed by atoms with Gasteiger partial charge in [-0.1, -0.05) is 25.1 Å². The molecule has 0 N–H and O–H groups in total. The first-order valence-corrected chi connectivity index (χ1v) is 7.38. The molecule has 2 nitrogen and oxygen atoms in total. The average Bonchev–Trinajstić information content (AvgIpc) is 2.34. The molecule has 1 aromatic carbocycles. The van der Waals surface area contributed by atoms with E-state index in [2.05, 4.69) is 31.1 Å². The maximum Gasteiger partial charge on any atom is 0.137 e. The zero-order chi connectivity index (χ0) is 13.5. The maximum absolute atomic E-state index is 11.5. The molecule has 0 bridgehead atoms. The largest absolute Gasteiger partial charge is 0.309 e. The zero-order valence-corrected chi connectivity index (χ0v) is 12.6. The highest BCUT2D eigenvalue weighted by Crippen LogP contribution is 2.29. The summed E-state index contributed by atoms with van der Waals surface area (Å²) in [6.07, 6.45) is 1.17. The fourth-order valence-electron chi connectivity index (χ4n) is 1.75. The Morgan fingerprint density at radius 2 is 2.00 bits per heavy atom. The molecule has 0 fully saturated rings. The summed E-state index contributed by atoms with van der Waals surface area (Å²) in [5.41, 5.74) is 1.17. The molecular formula is C15H23NOS. The van der Waals surface area contributed by atoms with E-state index in [1.807, 2.05) is 30.8 Å². The van der Waals surface area contributed by atoms with Gasteiger partial charge in [0.15, 0.2) is 0 Å². The van der Waals surface area contributed by atoms with E-state index in [1.165, 1.54) is 16.9 Å². The van der Waals surface area contributed by atoms with E-state index in [4.69, 9.17) is 0 Å². The highest BCUT2D eigenvalue weighted by Gasteiger charge is 2.14. The normalized spacial score (nSPS) is 12.7. The van der Waals surface area contributed by atoms with Gasteiger partial charge in [0.25, 0.3) is 0 Å². The third kappa shape index (κ3) is 4.83. The molecule has 100 valence electrons. The van der Waals surface area contributed by atoms with Crippen molar-refractivity contribution in [1.82, 2.24) is 4.90 Å². The van der Waals surface area contributed by atoms with Crippen molar-refractivity contribution in [2.24, 2.45) is 0 Å². The number of nitrogens with zero attached hydrogens (tertiary/aromatic N) is 1. The Labute approximate surface area is 115 Å². The number of thioether (sulfide) groups is 1. The first kappa shape index (κ1) is 15.3. The third-order valence-electron chi connectivity index (χ3n) is 3.00. The standard InChI is InChI=1S/C15H23NOS/c1-12(13(2)17)14-8-5-6-9-15(14)18-11-7-10-16(3)4/h5-6,8-9,12H,7,10-11H2,1-4H3. The second-order valence-corrected chi connectivity index (χ2v) is 6.01. The molecule has 1 rings (SSSR count). The van der Waals surface area contributed by atoms with Crippen molar-refractivity contribution in [3.8, 4) is 0 Å². The van der Waals surface area contributed by atoms with Crippen LogP contribution in [0.4, 0.5) is 0 Å². The quantitative estimate of drug-likeness (QED) is 0.556. The first-order chi connectivity index (χ1) is 8.52. The SMILES string of the molecule is CC(=O)C(C)c1ccccc1SCCCN(C)C. The lowest BCUT2D eigenvalue weighted by Crippen LogP contribution is -2.13. The summed E-state index contributed by atoms with van der Waals surface area (Å²) in [6.45, 7) is 4.76. The number of rotatable bonds is 7.